The Morgan fingerprint density at radius 3 is 2.72 bits per heavy atom. The lowest BCUT2D eigenvalue weighted by atomic mass is 9.95. The van der Waals surface area contributed by atoms with Crippen molar-refractivity contribution in [2.75, 3.05) is 13.6 Å². The number of rotatable bonds is 3. The van der Waals surface area contributed by atoms with E-state index in [0.717, 1.165) is 24.2 Å². The molecular weight excluding hydrogens is 234 g/mol. The van der Waals surface area contributed by atoms with Gasteiger partial charge in [0, 0.05) is 13.0 Å². The molecule has 0 aromatic heterocycles. The molecule has 0 aromatic carbocycles. The van der Waals surface area contributed by atoms with Crippen LogP contribution in [0.3, 0.4) is 0 Å². The molecule has 18 heavy (non-hydrogen) atoms. The van der Waals surface area contributed by atoms with Crippen molar-refractivity contribution < 1.29 is 14.4 Å². The number of carbonyl (C=O) groups is 3. The molecule has 1 saturated carbocycles. The SMILES string of the molecule is CN1C(=O)CC(NC(=O)C2CCCC2CN)C1=O. The maximum atomic E-state index is 12.1. The summed E-state index contributed by atoms with van der Waals surface area (Å²) in [7, 11) is 1.44. The molecular formula is C12H19N3O3. The lowest BCUT2D eigenvalue weighted by molar-refractivity contribution is -0.138. The second-order valence-corrected chi connectivity index (χ2v) is 5.09. The van der Waals surface area contributed by atoms with Crippen LogP contribution in [-0.4, -0.2) is 42.3 Å². The number of hydrogen-bond acceptors (Lipinski definition) is 4. The van der Waals surface area contributed by atoms with Crippen LogP contribution in [0.4, 0.5) is 0 Å². The average molecular weight is 253 g/mol. The van der Waals surface area contributed by atoms with Crippen molar-refractivity contribution in [3.8, 4) is 0 Å². The minimum atomic E-state index is -0.686. The fraction of sp³-hybridized carbons (Fsp3) is 0.750. The van der Waals surface area contributed by atoms with Gasteiger partial charge in [0.2, 0.25) is 11.8 Å². The Labute approximate surface area is 106 Å². The van der Waals surface area contributed by atoms with Gasteiger partial charge in [-0.05, 0) is 25.3 Å². The fourth-order valence-electron chi connectivity index (χ4n) is 2.81. The maximum Gasteiger partial charge on any atom is 0.252 e. The molecule has 0 bridgehead atoms. The molecule has 100 valence electrons. The van der Waals surface area contributed by atoms with E-state index in [0.29, 0.717) is 6.54 Å². The molecule has 6 nitrogen and oxygen atoms in total. The smallest absolute Gasteiger partial charge is 0.252 e. The first-order valence-electron chi connectivity index (χ1n) is 6.35. The number of likely N-dealkylation sites (N-methyl/N-ethyl adjacent to an activating group) is 1. The number of amides is 3. The highest BCUT2D eigenvalue weighted by Crippen LogP contribution is 2.31. The molecule has 2 aliphatic rings. The van der Waals surface area contributed by atoms with Crippen LogP contribution in [0, 0.1) is 11.8 Å². The fourth-order valence-corrected chi connectivity index (χ4v) is 2.81. The standard InChI is InChI=1S/C12H19N3O3/c1-15-10(16)5-9(12(15)18)14-11(17)8-4-2-3-7(8)6-13/h7-9H,2-6,13H2,1H3,(H,14,17). The van der Waals surface area contributed by atoms with E-state index in [-0.39, 0.29) is 36.0 Å². The first-order chi connectivity index (χ1) is 8.54. The van der Waals surface area contributed by atoms with Crippen molar-refractivity contribution in [1.82, 2.24) is 10.2 Å². The number of nitrogens with zero attached hydrogens (tertiary/aromatic N) is 1. The number of hydrogen-bond donors (Lipinski definition) is 2. The molecule has 3 unspecified atom stereocenters. The summed E-state index contributed by atoms with van der Waals surface area (Å²) in [6.07, 6.45) is 2.85. The van der Waals surface area contributed by atoms with Crippen LogP contribution < -0.4 is 11.1 Å². The van der Waals surface area contributed by atoms with Gasteiger partial charge in [-0.15, -0.1) is 0 Å². The summed E-state index contributed by atoms with van der Waals surface area (Å²) in [5.74, 6) is -0.606. The Morgan fingerprint density at radius 1 is 1.44 bits per heavy atom. The molecule has 1 saturated heterocycles. The minimum absolute atomic E-state index is 0.0705. The highest BCUT2D eigenvalue weighted by molar-refractivity contribution is 6.06. The molecule has 6 heteroatoms. The van der Waals surface area contributed by atoms with Gasteiger partial charge in [0.25, 0.3) is 5.91 Å². The van der Waals surface area contributed by atoms with Crippen LogP contribution in [0.1, 0.15) is 25.7 Å². The van der Waals surface area contributed by atoms with Crippen LogP contribution >= 0.6 is 0 Å². The van der Waals surface area contributed by atoms with Crippen molar-refractivity contribution >= 4 is 17.7 Å². The van der Waals surface area contributed by atoms with E-state index in [2.05, 4.69) is 5.32 Å². The molecule has 3 amide bonds. The van der Waals surface area contributed by atoms with E-state index in [1.165, 1.54) is 7.05 Å². The zero-order valence-electron chi connectivity index (χ0n) is 10.5. The molecule has 0 aromatic rings. The number of likely N-dealkylation sites (tertiary alicyclic amines) is 1. The van der Waals surface area contributed by atoms with Gasteiger partial charge in [0.1, 0.15) is 6.04 Å². The Kier molecular flexibility index (Phi) is 3.65. The van der Waals surface area contributed by atoms with Gasteiger partial charge in [0.15, 0.2) is 0 Å². The number of carbonyl (C=O) groups excluding carboxylic acids is 3. The van der Waals surface area contributed by atoms with Crippen LogP contribution in [0.25, 0.3) is 0 Å². The topological polar surface area (TPSA) is 92.5 Å². The van der Waals surface area contributed by atoms with E-state index >= 15 is 0 Å². The third kappa shape index (κ3) is 2.25. The van der Waals surface area contributed by atoms with Crippen molar-refractivity contribution in [2.45, 2.75) is 31.7 Å². The first kappa shape index (κ1) is 13.0. The third-order valence-electron chi connectivity index (χ3n) is 4.00. The van der Waals surface area contributed by atoms with E-state index in [1.54, 1.807) is 0 Å². The highest BCUT2D eigenvalue weighted by atomic mass is 16.2. The Balaban J connectivity index is 1.96. The predicted octanol–water partition coefficient (Wildman–Crippen LogP) is -0.765. The van der Waals surface area contributed by atoms with Crippen LogP contribution in [0.2, 0.25) is 0 Å². The summed E-state index contributed by atoms with van der Waals surface area (Å²) in [5.41, 5.74) is 5.63. The molecule has 0 radical (unpaired) electrons. The van der Waals surface area contributed by atoms with Crippen molar-refractivity contribution in [1.29, 1.82) is 0 Å². The number of imide groups is 1. The van der Waals surface area contributed by atoms with E-state index < -0.39 is 6.04 Å². The van der Waals surface area contributed by atoms with Gasteiger partial charge >= 0.3 is 0 Å². The molecule has 1 aliphatic heterocycles. The first-order valence-corrected chi connectivity index (χ1v) is 6.35. The van der Waals surface area contributed by atoms with Crippen LogP contribution in [-0.2, 0) is 14.4 Å². The number of nitrogens with one attached hydrogen (secondary N) is 1. The molecule has 3 atom stereocenters. The van der Waals surface area contributed by atoms with Gasteiger partial charge in [-0.3, -0.25) is 19.3 Å². The van der Waals surface area contributed by atoms with Gasteiger partial charge in [-0.25, -0.2) is 0 Å². The molecule has 2 fully saturated rings. The van der Waals surface area contributed by atoms with Crippen LogP contribution in [0.15, 0.2) is 0 Å². The van der Waals surface area contributed by atoms with Crippen molar-refractivity contribution in [3.05, 3.63) is 0 Å². The summed E-state index contributed by atoms with van der Waals surface area (Å²) >= 11 is 0. The zero-order valence-corrected chi connectivity index (χ0v) is 10.5. The Morgan fingerprint density at radius 2 is 2.17 bits per heavy atom. The lowest BCUT2D eigenvalue weighted by Gasteiger charge is -2.19. The zero-order chi connectivity index (χ0) is 13.3. The minimum Gasteiger partial charge on any atom is -0.344 e. The summed E-state index contributed by atoms with van der Waals surface area (Å²) in [4.78, 5) is 36.2. The summed E-state index contributed by atoms with van der Waals surface area (Å²) in [6.45, 7) is 0.496. The molecule has 0 spiro atoms. The summed E-state index contributed by atoms with van der Waals surface area (Å²) < 4.78 is 0. The van der Waals surface area contributed by atoms with Crippen molar-refractivity contribution in [2.24, 2.45) is 17.6 Å². The Hall–Kier alpha value is -1.43. The average Bonchev–Trinajstić information content (AvgIpc) is 2.91. The molecule has 1 aliphatic carbocycles. The van der Waals surface area contributed by atoms with Crippen molar-refractivity contribution in [3.63, 3.8) is 0 Å². The van der Waals surface area contributed by atoms with E-state index in [4.69, 9.17) is 5.73 Å². The third-order valence-corrected chi connectivity index (χ3v) is 4.00. The van der Waals surface area contributed by atoms with E-state index in [9.17, 15) is 14.4 Å². The highest BCUT2D eigenvalue weighted by Gasteiger charge is 2.39. The van der Waals surface area contributed by atoms with E-state index in [1.807, 2.05) is 0 Å². The predicted molar refractivity (Wildman–Crippen MR) is 64.2 cm³/mol. The quantitative estimate of drug-likeness (QED) is 0.646. The van der Waals surface area contributed by atoms with Gasteiger partial charge < -0.3 is 11.1 Å². The van der Waals surface area contributed by atoms with Gasteiger partial charge in [-0.1, -0.05) is 6.42 Å². The molecule has 2 rings (SSSR count). The summed E-state index contributed by atoms with van der Waals surface area (Å²) in [6, 6.07) is -0.686. The second-order valence-electron chi connectivity index (χ2n) is 5.09. The maximum absolute atomic E-state index is 12.1. The largest absolute Gasteiger partial charge is 0.344 e. The number of nitrogens with two attached hydrogens (primary N) is 1. The van der Waals surface area contributed by atoms with Gasteiger partial charge in [-0.2, -0.15) is 0 Å². The van der Waals surface area contributed by atoms with Gasteiger partial charge in [0.05, 0.1) is 6.42 Å². The second kappa shape index (κ2) is 5.06. The molecule has 1 heterocycles. The Bertz CT molecular complexity index is 383. The molecule has 3 N–H and O–H groups in total. The van der Waals surface area contributed by atoms with Crippen LogP contribution in [0.5, 0.6) is 0 Å². The lowest BCUT2D eigenvalue weighted by Crippen LogP contribution is -2.44. The monoisotopic (exact) mass is 253 g/mol. The normalized spacial score (nSPS) is 32.1. The summed E-state index contributed by atoms with van der Waals surface area (Å²) in [5, 5.41) is 2.69.